The van der Waals surface area contributed by atoms with Gasteiger partial charge in [0.1, 0.15) is 6.04 Å². The van der Waals surface area contributed by atoms with Crippen molar-refractivity contribution in [2.24, 2.45) is 5.73 Å². The van der Waals surface area contributed by atoms with Gasteiger partial charge in [-0.1, -0.05) is 28.1 Å². The number of hydrogen-bond donors (Lipinski definition) is 3. The van der Waals surface area contributed by atoms with Gasteiger partial charge in [0.05, 0.1) is 6.61 Å². The van der Waals surface area contributed by atoms with E-state index < -0.39 is 6.04 Å². The van der Waals surface area contributed by atoms with Crippen LogP contribution >= 0.6 is 15.9 Å². The first-order valence-electron chi connectivity index (χ1n) is 4.52. The zero-order chi connectivity index (χ0) is 11.3. The summed E-state index contributed by atoms with van der Waals surface area (Å²) < 4.78 is 0.959. The highest BCUT2D eigenvalue weighted by Gasteiger charge is 2.10. The number of aliphatic hydroxyl groups excluding tert-OH is 1. The summed E-state index contributed by atoms with van der Waals surface area (Å²) in [5.74, 6) is -0.350. The van der Waals surface area contributed by atoms with Crippen LogP contribution in [0.5, 0.6) is 0 Å². The molecule has 1 aromatic carbocycles. The number of carbonyl (C=O) groups is 1. The molecule has 0 saturated heterocycles. The smallest absolute Gasteiger partial charge is 0.239 e. The number of nitrogens with two attached hydrogens (primary N) is 1. The maximum absolute atomic E-state index is 11.2. The van der Waals surface area contributed by atoms with E-state index in [4.69, 9.17) is 10.8 Å². The number of aliphatic hydroxyl groups is 1. The molecular weight excluding hydrogens is 260 g/mol. The van der Waals surface area contributed by atoms with E-state index in [9.17, 15) is 4.79 Å². The van der Waals surface area contributed by atoms with Gasteiger partial charge in [0.2, 0.25) is 5.91 Å². The lowest BCUT2D eigenvalue weighted by Gasteiger charge is -2.09. The Morgan fingerprint density at radius 2 is 2.33 bits per heavy atom. The third kappa shape index (κ3) is 3.99. The molecular formula is C10H13BrN2O2. The molecule has 0 saturated carbocycles. The highest BCUT2D eigenvalue weighted by atomic mass is 79.9. The zero-order valence-corrected chi connectivity index (χ0v) is 9.70. The first kappa shape index (κ1) is 12.2. The standard InChI is InChI=1S/C10H13BrN2O2/c11-8-3-1-2-7(4-8)5-13-10(15)9(12)6-14/h1-4,9,14H,5-6,12H2,(H,13,15). The Labute approximate surface area is 96.6 Å². The van der Waals surface area contributed by atoms with Crippen LogP contribution < -0.4 is 11.1 Å². The summed E-state index contributed by atoms with van der Waals surface area (Å²) >= 11 is 3.33. The molecule has 0 heterocycles. The zero-order valence-electron chi connectivity index (χ0n) is 8.11. The average Bonchev–Trinajstić information content (AvgIpc) is 2.25. The Balaban J connectivity index is 2.47. The Kier molecular flexibility index (Phi) is 4.74. The minimum atomic E-state index is -0.850. The molecule has 1 rings (SSSR count). The van der Waals surface area contributed by atoms with Gasteiger partial charge in [-0.2, -0.15) is 0 Å². The second-order valence-corrected chi connectivity index (χ2v) is 4.05. The van der Waals surface area contributed by atoms with Crippen molar-refractivity contribution in [3.63, 3.8) is 0 Å². The van der Waals surface area contributed by atoms with Crippen molar-refractivity contribution in [2.45, 2.75) is 12.6 Å². The minimum Gasteiger partial charge on any atom is -0.394 e. The lowest BCUT2D eigenvalue weighted by molar-refractivity contribution is -0.123. The molecule has 5 heteroatoms. The molecule has 4 N–H and O–H groups in total. The number of benzene rings is 1. The number of nitrogens with one attached hydrogen (secondary N) is 1. The average molecular weight is 273 g/mol. The number of hydrogen-bond acceptors (Lipinski definition) is 3. The summed E-state index contributed by atoms with van der Waals surface area (Å²) in [6.45, 7) is 0.0658. The van der Waals surface area contributed by atoms with E-state index in [-0.39, 0.29) is 12.5 Å². The second-order valence-electron chi connectivity index (χ2n) is 3.14. The molecule has 0 fully saturated rings. The summed E-state index contributed by atoms with van der Waals surface area (Å²) in [6, 6.07) is 6.75. The fourth-order valence-electron chi connectivity index (χ4n) is 1.05. The Bertz CT molecular complexity index is 344. The maximum atomic E-state index is 11.2. The van der Waals surface area contributed by atoms with Gasteiger partial charge in [-0.3, -0.25) is 4.79 Å². The summed E-state index contributed by atoms with van der Waals surface area (Å²) in [6.07, 6.45) is 0. The fraction of sp³-hybridized carbons (Fsp3) is 0.300. The van der Waals surface area contributed by atoms with Crippen molar-refractivity contribution < 1.29 is 9.90 Å². The van der Waals surface area contributed by atoms with Crippen LogP contribution in [0.25, 0.3) is 0 Å². The van der Waals surface area contributed by atoms with Gasteiger partial charge in [-0.05, 0) is 17.7 Å². The topological polar surface area (TPSA) is 75.3 Å². The molecule has 15 heavy (non-hydrogen) atoms. The Morgan fingerprint density at radius 1 is 1.60 bits per heavy atom. The molecule has 82 valence electrons. The molecule has 1 unspecified atom stereocenters. The van der Waals surface area contributed by atoms with Crippen LogP contribution in [-0.4, -0.2) is 23.7 Å². The Hall–Kier alpha value is -0.910. The number of halogens is 1. The van der Waals surface area contributed by atoms with Crippen molar-refractivity contribution >= 4 is 21.8 Å². The molecule has 1 amide bonds. The van der Waals surface area contributed by atoms with Crippen LogP contribution in [0, 0.1) is 0 Å². The van der Waals surface area contributed by atoms with E-state index in [0.717, 1.165) is 10.0 Å². The third-order valence-corrected chi connectivity index (χ3v) is 2.38. The number of amides is 1. The van der Waals surface area contributed by atoms with Gasteiger partial charge in [0.15, 0.2) is 0 Å². The fourth-order valence-corrected chi connectivity index (χ4v) is 1.50. The van der Waals surface area contributed by atoms with Crippen molar-refractivity contribution in [3.8, 4) is 0 Å². The van der Waals surface area contributed by atoms with E-state index >= 15 is 0 Å². The van der Waals surface area contributed by atoms with Gasteiger partial charge >= 0.3 is 0 Å². The van der Waals surface area contributed by atoms with E-state index in [0.29, 0.717) is 6.54 Å². The van der Waals surface area contributed by atoms with Crippen LogP contribution in [0.3, 0.4) is 0 Å². The maximum Gasteiger partial charge on any atom is 0.239 e. The molecule has 1 atom stereocenters. The molecule has 0 aliphatic heterocycles. The number of rotatable bonds is 4. The van der Waals surface area contributed by atoms with Crippen molar-refractivity contribution in [2.75, 3.05) is 6.61 Å². The highest BCUT2D eigenvalue weighted by Crippen LogP contribution is 2.11. The normalized spacial score (nSPS) is 12.2. The van der Waals surface area contributed by atoms with E-state index in [1.54, 1.807) is 0 Å². The van der Waals surface area contributed by atoms with Gasteiger partial charge in [0, 0.05) is 11.0 Å². The Morgan fingerprint density at radius 3 is 2.93 bits per heavy atom. The van der Waals surface area contributed by atoms with Crippen molar-refractivity contribution in [1.82, 2.24) is 5.32 Å². The molecule has 0 aliphatic rings. The van der Waals surface area contributed by atoms with Crippen LogP contribution in [0.1, 0.15) is 5.56 Å². The van der Waals surface area contributed by atoms with Crippen LogP contribution in [0.15, 0.2) is 28.7 Å². The molecule has 0 bridgehead atoms. The largest absolute Gasteiger partial charge is 0.394 e. The van der Waals surface area contributed by atoms with Crippen LogP contribution in [0.2, 0.25) is 0 Å². The molecule has 0 aliphatic carbocycles. The van der Waals surface area contributed by atoms with Gasteiger partial charge in [-0.25, -0.2) is 0 Å². The molecule has 0 spiro atoms. The third-order valence-electron chi connectivity index (χ3n) is 1.89. The quantitative estimate of drug-likeness (QED) is 0.742. The molecule has 1 aromatic rings. The molecule has 0 aromatic heterocycles. The predicted molar refractivity (Wildman–Crippen MR) is 61.0 cm³/mol. The summed E-state index contributed by atoms with van der Waals surface area (Å²) in [5.41, 5.74) is 6.31. The summed E-state index contributed by atoms with van der Waals surface area (Å²) in [4.78, 5) is 11.2. The van der Waals surface area contributed by atoms with E-state index in [1.165, 1.54) is 0 Å². The first-order chi connectivity index (χ1) is 7.13. The predicted octanol–water partition coefficient (Wildman–Crippen LogP) is 0.385. The lowest BCUT2D eigenvalue weighted by Crippen LogP contribution is -2.42. The molecule has 4 nitrogen and oxygen atoms in total. The van der Waals surface area contributed by atoms with Gasteiger partial charge < -0.3 is 16.2 Å². The number of carbonyl (C=O) groups excluding carboxylic acids is 1. The van der Waals surface area contributed by atoms with Crippen molar-refractivity contribution in [1.29, 1.82) is 0 Å². The minimum absolute atomic E-state index is 0.343. The van der Waals surface area contributed by atoms with E-state index in [2.05, 4.69) is 21.2 Å². The van der Waals surface area contributed by atoms with Gasteiger partial charge in [-0.15, -0.1) is 0 Å². The van der Waals surface area contributed by atoms with E-state index in [1.807, 2.05) is 24.3 Å². The second kappa shape index (κ2) is 5.85. The SMILES string of the molecule is NC(CO)C(=O)NCc1cccc(Br)c1. The summed E-state index contributed by atoms with van der Waals surface area (Å²) in [5, 5.41) is 11.3. The summed E-state index contributed by atoms with van der Waals surface area (Å²) in [7, 11) is 0. The monoisotopic (exact) mass is 272 g/mol. The first-order valence-corrected chi connectivity index (χ1v) is 5.31. The van der Waals surface area contributed by atoms with Crippen LogP contribution in [-0.2, 0) is 11.3 Å². The van der Waals surface area contributed by atoms with Gasteiger partial charge in [0.25, 0.3) is 0 Å². The van der Waals surface area contributed by atoms with Crippen LogP contribution in [0.4, 0.5) is 0 Å². The highest BCUT2D eigenvalue weighted by molar-refractivity contribution is 9.10. The van der Waals surface area contributed by atoms with Crippen molar-refractivity contribution in [3.05, 3.63) is 34.3 Å². The lowest BCUT2D eigenvalue weighted by atomic mass is 10.2. The molecule has 0 radical (unpaired) electrons.